The number of methoxy groups -OCH3 is 1. The number of pyridine rings is 1. The molecule has 0 bridgehead atoms. The van der Waals surface area contributed by atoms with Gasteiger partial charge in [-0.25, -0.2) is 9.78 Å². The number of carbonyl (C=O) groups excluding carboxylic acids is 1. The van der Waals surface area contributed by atoms with Gasteiger partial charge in [0.25, 0.3) is 0 Å². The summed E-state index contributed by atoms with van der Waals surface area (Å²) in [5, 5.41) is 1.52. The van der Waals surface area contributed by atoms with Crippen LogP contribution in [0.4, 0.5) is 0 Å². The van der Waals surface area contributed by atoms with Crippen LogP contribution in [0.15, 0.2) is 54.6 Å². The molecule has 0 amide bonds. The van der Waals surface area contributed by atoms with Crippen molar-refractivity contribution in [2.45, 2.75) is 6.61 Å². The Morgan fingerprint density at radius 2 is 1.87 bits per heavy atom. The van der Waals surface area contributed by atoms with Crippen LogP contribution in [0.5, 0.6) is 5.75 Å². The minimum absolute atomic E-state index is 0.220. The highest BCUT2D eigenvalue weighted by molar-refractivity contribution is 6.30. The van der Waals surface area contributed by atoms with Gasteiger partial charge in [0, 0.05) is 16.5 Å². The van der Waals surface area contributed by atoms with Crippen molar-refractivity contribution in [1.29, 1.82) is 0 Å². The first-order valence-corrected chi connectivity index (χ1v) is 7.40. The zero-order valence-electron chi connectivity index (χ0n) is 12.5. The van der Waals surface area contributed by atoms with Crippen LogP contribution in [0.1, 0.15) is 16.1 Å². The van der Waals surface area contributed by atoms with E-state index in [0.29, 0.717) is 22.9 Å². The number of nitrogens with zero attached hydrogens (tertiary/aromatic N) is 1. The fourth-order valence-corrected chi connectivity index (χ4v) is 2.34. The summed E-state index contributed by atoms with van der Waals surface area (Å²) in [5.41, 5.74) is 1.88. The van der Waals surface area contributed by atoms with Crippen molar-refractivity contribution in [3.8, 4) is 5.75 Å². The van der Waals surface area contributed by atoms with E-state index in [4.69, 9.17) is 21.1 Å². The number of ether oxygens (including phenoxy) is 2. The quantitative estimate of drug-likeness (QED) is 0.672. The van der Waals surface area contributed by atoms with Gasteiger partial charge in [-0.3, -0.25) is 0 Å². The molecule has 5 heteroatoms. The van der Waals surface area contributed by atoms with Gasteiger partial charge in [0.05, 0.1) is 12.6 Å². The molecule has 0 fully saturated rings. The van der Waals surface area contributed by atoms with Gasteiger partial charge in [-0.15, -0.1) is 0 Å². The fourth-order valence-electron chi connectivity index (χ4n) is 2.21. The third-order valence-corrected chi connectivity index (χ3v) is 3.63. The number of carbonyl (C=O) groups is 1. The molecule has 0 spiro atoms. The molecule has 0 N–H and O–H groups in total. The maximum atomic E-state index is 11.8. The largest absolute Gasteiger partial charge is 0.488 e. The van der Waals surface area contributed by atoms with Gasteiger partial charge in [-0.05, 0) is 29.8 Å². The van der Waals surface area contributed by atoms with Crippen LogP contribution in [0.2, 0.25) is 5.02 Å². The lowest BCUT2D eigenvalue weighted by Gasteiger charge is -2.11. The van der Waals surface area contributed by atoms with Crippen molar-refractivity contribution in [3.05, 3.63) is 70.9 Å². The zero-order chi connectivity index (χ0) is 16.2. The Bertz CT molecular complexity index is 847. The first-order valence-electron chi connectivity index (χ1n) is 7.03. The van der Waals surface area contributed by atoms with Gasteiger partial charge in [0.15, 0.2) is 5.69 Å². The number of aromatic nitrogens is 1. The predicted molar refractivity (Wildman–Crippen MR) is 88.9 cm³/mol. The van der Waals surface area contributed by atoms with Crippen LogP contribution < -0.4 is 4.74 Å². The normalized spacial score (nSPS) is 10.5. The summed E-state index contributed by atoms with van der Waals surface area (Å²) in [6, 6.07) is 16.5. The van der Waals surface area contributed by atoms with Gasteiger partial charge < -0.3 is 9.47 Å². The lowest BCUT2D eigenvalue weighted by molar-refractivity contribution is 0.0594. The SMILES string of the molecule is COC(=O)c1cc(OCc2ccc(Cl)cc2)c2ccccc2n1. The Balaban J connectivity index is 1.94. The number of rotatable bonds is 4. The summed E-state index contributed by atoms with van der Waals surface area (Å²) < 4.78 is 10.6. The smallest absolute Gasteiger partial charge is 0.356 e. The molecule has 0 aliphatic heterocycles. The molecule has 0 saturated heterocycles. The number of halogens is 1. The molecule has 0 atom stereocenters. The van der Waals surface area contributed by atoms with E-state index in [1.807, 2.05) is 48.5 Å². The van der Waals surface area contributed by atoms with E-state index >= 15 is 0 Å². The average Bonchev–Trinajstić information content (AvgIpc) is 2.60. The van der Waals surface area contributed by atoms with E-state index in [0.717, 1.165) is 10.9 Å². The van der Waals surface area contributed by atoms with Crippen molar-refractivity contribution in [3.63, 3.8) is 0 Å². The van der Waals surface area contributed by atoms with Crippen LogP contribution >= 0.6 is 11.6 Å². The van der Waals surface area contributed by atoms with Crippen molar-refractivity contribution < 1.29 is 14.3 Å². The Hall–Kier alpha value is -2.59. The van der Waals surface area contributed by atoms with Crippen molar-refractivity contribution in [2.24, 2.45) is 0 Å². The average molecular weight is 328 g/mol. The van der Waals surface area contributed by atoms with Gasteiger partial charge in [-0.1, -0.05) is 35.9 Å². The number of fused-ring (bicyclic) bond motifs is 1. The summed E-state index contributed by atoms with van der Waals surface area (Å²) in [6.45, 7) is 0.367. The zero-order valence-corrected chi connectivity index (χ0v) is 13.2. The van der Waals surface area contributed by atoms with E-state index in [1.54, 1.807) is 6.07 Å². The highest BCUT2D eigenvalue weighted by Crippen LogP contribution is 2.26. The number of para-hydroxylation sites is 1. The summed E-state index contributed by atoms with van der Waals surface area (Å²) in [4.78, 5) is 16.1. The molecule has 0 saturated carbocycles. The van der Waals surface area contributed by atoms with Crippen molar-refractivity contribution >= 4 is 28.5 Å². The van der Waals surface area contributed by atoms with Crippen molar-refractivity contribution in [1.82, 2.24) is 4.98 Å². The molecule has 3 rings (SSSR count). The summed E-state index contributed by atoms with van der Waals surface area (Å²) >= 11 is 5.88. The van der Waals surface area contributed by atoms with E-state index in [-0.39, 0.29) is 5.69 Å². The summed E-state index contributed by atoms with van der Waals surface area (Å²) in [5.74, 6) is 0.0954. The number of hydrogen-bond acceptors (Lipinski definition) is 4. The minimum Gasteiger partial charge on any atom is -0.488 e. The van der Waals surface area contributed by atoms with Crippen LogP contribution in [0, 0.1) is 0 Å². The predicted octanol–water partition coefficient (Wildman–Crippen LogP) is 4.25. The second-order valence-corrected chi connectivity index (χ2v) is 5.37. The molecular weight excluding hydrogens is 314 g/mol. The van der Waals surface area contributed by atoms with Crippen molar-refractivity contribution in [2.75, 3.05) is 7.11 Å². The lowest BCUT2D eigenvalue weighted by Crippen LogP contribution is -2.06. The Kier molecular flexibility index (Phi) is 4.44. The van der Waals surface area contributed by atoms with Crippen LogP contribution in [0.25, 0.3) is 10.9 Å². The monoisotopic (exact) mass is 327 g/mol. The van der Waals surface area contributed by atoms with E-state index in [2.05, 4.69) is 4.98 Å². The molecule has 0 unspecified atom stereocenters. The first kappa shape index (κ1) is 15.3. The van der Waals surface area contributed by atoms with Crippen LogP contribution in [0.3, 0.4) is 0 Å². The van der Waals surface area contributed by atoms with Gasteiger partial charge in [-0.2, -0.15) is 0 Å². The molecule has 0 aliphatic rings. The number of esters is 1. The highest BCUT2D eigenvalue weighted by Gasteiger charge is 2.13. The van der Waals surface area contributed by atoms with Gasteiger partial charge >= 0.3 is 5.97 Å². The Morgan fingerprint density at radius 3 is 2.61 bits per heavy atom. The second-order valence-electron chi connectivity index (χ2n) is 4.93. The number of hydrogen-bond donors (Lipinski definition) is 0. The topological polar surface area (TPSA) is 48.4 Å². The minimum atomic E-state index is -0.493. The van der Waals surface area contributed by atoms with E-state index in [1.165, 1.54) is 7.11 Å². The lowest BCUT2D eigenvalue weighted by atomic mass is 10.1. The third kappa shape index (κ3) is 3.43. The third-order valence-electron chi connectivity index (χ3n) is 3.38. The second kappa shape index (κ2) is 6.67. The number of benzene rings is 2. The molecule has 116 valence electrons. The Morgan fingerprint density at radius 1 is 1.13 bits per heavy atom. The maximum Gasteiger partial charge on any atom is 0.356 e. The van der Waals surface area contributed by atoms with Gasteiger partial charge in [0.1, 0.15) is 12.4 Å². The molecule has 0 radical (unpaired) electrons. The molecular formula is C18H14ClNO3. The molecule has 1 heterocycles. The van der Waals surface area contributed by atoms with E-state index < -0.39 is 5.97 Å². The first-order chi connectivity index (χ1) is 11.2. The summed E-state index contributed by atoms with van der Waals surface area (Å²) in [7, 11) is 1.33. The molecule has 23 heavy (non-hydrogen) atoms. The van der Waals surface area contributed by atoms with Crippen LogP contribution in [-0.2, 0) is 11.3 Å². The van der Waals surface area contributed by atoms with Gasteiger partial charge in [0.2, 0.25) is 0 Å². The van der Waals surface area contributed by atoms with Crippen LogP contribution in [-0.4, -0.2) is 18.1 Å². The molecule has 1 aromatic heterocycles. The standard InChI is InChI=1S/C18H14ClNO3/c1-22-18(21)16-10-17(14-4-2-3-5-15(14)20-16)23-11-12-6-8-13(19)9-7-12/h2-10H,11H2,1H3. The Labute approximate surface area is 138 Å². The van der Waals surface area contributed by atoms with E-state index in [9.17, 15) is 4.79 Å². The highest BCUT2D eigenvalue weighted by atomic mass is 35.5. The molecule has 4 nitrogen and oxygen atoms in total. The molecule has 3 aromatic rings. The summed E-state index contributed by atoms with van der Waals surface area (Å²) in [6.07, 6.45) is 0. The maximum absolute atomic E-state index is 11.8. The molecule has 2 aromatic carbocycles. The molecule has 0 aliphatic carbocycles. The fraction of sp³-hybridized carbons (Fsp3) is 0.111.